The van der Waals surface area contributed by atoms with Crippen molar-refractivity contribution in [2.75, 3.05) is 13.2 Å². The highest BCUT2D eigenvalue weighted by Crippen LogP contribution is 2.18. The molecule has 474 valence electrons. The number of carbonyl (C=O) groups excluding carboxylic acids is 3. The fourth-order valence-corrected chi connectivity index (χ4v) is 10.8. The fraction of sp³-hybridized carbons (Fsp3) is 0.853. The van der Waals surface area contributed by atoms with Crippen molar-refractivity contribution in [2.45, 2.75) is 399 Å². The molecule has 0 amide bonds. The SMILES string of the molecule is CCC/C=C\C/C=C\CCCCCCCC(=O)OCC(COC(=O)CCCCCCCCCCCCCCCCCCCCC/C=C\CCCCCCCCCC)OC(=O)CCCCCCCCCCC/C=C\CCCCCCCC. The topological polar surface area (TPSA) is 78.9 Å². The Bertz CT molecular complexity index is 1400. The molecule has 1 unspecified atom stereocenters. The van der Waals surface area contributed by atoms with Gasteiger partial charge in [0, 0.05) is 19.3 Å². The van der Waals surface area contributed by atoms with E-state index in [1.807, 2.05) is 0 Å². The molecule has 0 aliphatic carbocycles. The molecule has 81 heavy (non-hydrogen) atoms. The molecular formula is C75H138O6. The first kappa shape index (κ1) is 78.4. The number of unbranched alkanes of at least 4 members (excludes halogenated alkanes) is 48. The van der Waals surface area contributed by atoms with Gasteiger partial charge in [0.1, 0.15) is 13.2 Å². The highest BCUT2D eigenvalue weighted by atomic mass is 16.6. The van der Waals surface area contributed by atoms with Crippen LogP contribution in [0, 0.1) is 0 Å². The van der Waals surface area contributed by atoms with Gasteiger partial charge in [0.2, 0.25) is 0 Å². The second-order valence-electron chi connectivity index (χ2n) is 24.5. The first-order chi connectivity index (χ1) is 40.0. The molecule has 0 saturated carbocycles. The van der Waals surface area contributed by atoms with E-state index in [0.29, 0.717) is 19.3 Å². The summed E-state index contributed by atoms with van der Waals surface area (Å²) in [5.74, 6) is -0.867. The second kappa shape index (κ2) is 69.9. The predicted molar refractivity (Wildman–Crippen MR) is 353 cm³/mol. The van der Waals surface area contributed by atoms with Crippen molar-refractivity contribution in [1.82, 2.24) is 0 Å². The van der Waals surface area contributed by atoms with E-state index in [0.717, 1.165) is 83.5 Å². The van der Waals surface area contributed by atoms with Gasteiger partial charge in [0.05, 0.1) is 0 Å². The molecule has 0 radical (unpaired) electrons. The van der Waals surface area contributed by atoms with Gasteiger partial charge in [-0.15, -0.1) is 0 Å². The van der Waals surface area contributed by atoms with E-state index in [-0.39, 0.29) is 31.1 Å². The molecule has 0 spiro atoms. The van der Waals surface area contributed by atoms with Crippen molar-refractivity contribution in [3.05, 3.63) is 48.6 Å². The first-order valence-corrected chi connectivity index (χ1v) is 36.1. The number of ether oxygens (including phenoxy) is 3. The summed E-state index contributed by atoms with van der Waals surface area (Å²) >= 11 is 0. The number of allylic oxidation sites excluding steroid dienone is 8. The van der Waals surface area contributed by atoms with E-state index in [4.69, 9.17) is 14.2 Å². The van der Waals surface area contributed by atoms with E-state index >= 15 is 0 Å². The summed E-state index contributed by atoms with van der Waals surface area (Å²) in [4.78, 5) is 38.4. The highest BCUT2D eigenvalue weighted by Gasteiger charge is 2.19. The van der Waals surface area contributed by atoms with E-state index in [1.165, 1.54) is 270 Å². The zero-order chi connectivity index (χ0) is 58.5. The van der Waals surface area contributed by atoms with Gasteiger partial charge >= 0.3 is 17.9 Å². The molecule has 0 aromatic heterocycles. The fourth-order valence-electron chi connectivity index (χ4n) is 10.8. The monoisotopic (exact) mass is 1140 g/mol. The van der Waals surface area contributed by atoms with E-state index in [2.05, 4.69) is 69.4 Å². The van der Waals surface area contributed by atoms with Crippen LogP contribution < -0.4 is 0 Å². The molecule has 1 atom stereocenters. The molecule has 0 aliphatic heterocycles. The summed E-state index contributed by atoms with van der Waals surface area (Å²) in [5.41, 5.74) is 0. The molecule has 0 saturated heterocycles. The van der Waals surface area contributed by atoms with E-state index in [1.54, 1.807) is 0 Å². The lowest BCUT2D eigenvalue weighted by molar-refractivity contribution is -0.167. The van der Waals surface area contributed by atoms with Crippen LogP contribution in [0.2, 0.25) is 0 Å². The summed E-state index contributed by atoms with van der Waals surface area (Å²) in [6.07, 6.45) is 88.7. The summed E-state index contributed by atoms with van der Waals surface area (Å²) < 4.78 is 17.0. The minimum Gasteiger partial charge on any atom is -0.462 e. The molecule has 0 heterocycles. The molecule has 0 aliphatic rings. The summed E-state index contributed by atoms with van der Waals surface area (Å²) in [6.45, 7) is 6.62. The van der Waals surface area contributed by atoms with Crippen LogP contribution >= 0.6 is 0 Å². The Kier molecular flexibility index (Phi) is 67.6. The van der Waals surface area contributed by atoms with Crippen molar-refractivity contribution in [1.29, 1.82) is 0 Å². The zero-order valence-corrected chi connectivity index (χ0v) is 54.6. The lowest BCUT2D eigenvalue weighted by Gasteiger charge is -2.18. The maximum atomic E-state index is 12.9. The molecule has 0 bridgehead atoms. The van der Waals surface area contributed by atoms with Crippen LogP contribution in [0.5, 0.6) is 0 Å². The minimum atomic E-state index is -0.779. The molecule has 0 fully saturated rings. The van der Waals surface area contributed by atoms with Crippen molar-refractivity contribution in [3.63, 3.8) is 0 Å². The normalized spacial score (nSPS) is 12.3. The van der Waals surface area contributed by atoms with Gasteiger partial charge in [0.25, 0.3) is 0 Å². The largest absolute Gasteiger partial charge is 0.462 e. The minimum absolute atomic E-state index is 0.0745. The first-order valence-electron chi connectivity index (χ1n) is 36.1. The Morgan fingerprint density at radius 1 is 0.247 bits per heavy atom. The van der Waals surface area contributed by atoms with Gasteiger partial charge < -0.3 is 14.2 Å². The van der Waals surface area contributed by atoms with Crippen LogP contribution in [0.4, 0.5) is 0 Å². The highest BCUT2D eigenvalue weighted by molar-refractivity contribution is 5.71. The third kappa shape index (κ3) is 68.0. The molecule has 6 heteroatoms. The Morgan fingerprint density at radius 3 is 0.741 bits per heavy atom. The smallest absolute Gasteiger partial charge is 0.306 e. The molecule has 6 nitrogen and oxygen atoms in total. The predicted octanol–water partition coefficient (Wildman–Crippen LogP) is 24.9. The maximum absolute atomic E-state index is 12.9. The van der Waals surface area contributed by atoms with Gasteiger partial charge in [-0.1, -0.05) is 326 Å². The van der Waals surface area contributed by atoms with Crippen molar-refractivity contribution >= 4 is 17.9 Å². The number of esters is 3. The Balaban J connectivity index is 4.16. The number of hydrogen-bond acceptors (Lipinski definition) is 6. The average molecular weight is 1140 g/mol. The second-order valence-corrected chi connectivity index (χ2v) is 24.5. The molecule has 0 N–H and O–H groups in total. The van der Waals surface area contributed by atoms with Gasteiger partial charge in [0.15, 0.2) is 6.10 Å². The Hall–Kier alpha value is -2.63. The van der Waals surface area contributed by atoms with E-state index in [9.17, 15) is 14.4 Å². The molecule has 0 aromatic rings. The van der Waals surface area contributed by atoms with Crippen LogP contribution in [0.1, 0.15) is 393 Å². The average Bonchev–Trinajstić information content (AvgIpc) is 3.46. The van der Waals surface area contributed by atoms with Gasteiger partial charge in [-0.05, 0) is 96.3 Å². The summed E-state index contributed by atoms with van der Waals surface area (Å²) in [7, 11) is 0. The van der Waals surface area contributed by atoms with E-state index < -0.39 is 6.10 Å². The van der Waals surface area contributed by atoms with Crippen LogP contribution in [0.15, 0.2) is 48.6 Å². The number of hydrogen-bond donors (Lipinski definition) is 0. The van der Waals surface area contributed by atoms with Crippen LogP contribution in [-0.2, 0) is 28.6 Å². The number of rotatable bonds is 67. The lowest BCUT2D eigenvalue weighted by Crippen LogP contribution is -2.30. The van der Waals surface area contributed by atoms with Crippen molar-refractivity contribution < 1.29 is 28.6 Å². The van der Waals surface area contributed by atoms with Crippen molar-refractivity contribution in [3.8, 4) is 0 Å². The van der Waals surface area contributed by atoms with Crippen molar-refractivity contribution in [2.24, 2.45) is 0 Å². The van der Waals surface area contributed by atoms with Gasteiger partial charge in [-0.25, -0.2) is 0 Å². The summed E-state index contributed by atoms with van der Waals surface area (Å²) in [6, 6.07) is 0. The third-order valence-corrected chi connectivity index (χ3v) is 16.3. The van der Waals surface area contributed by atoms with Gasteiger partial charge in [-0.3, -0.25) is 14.4 Å². The Labute approximate surface area is 505 Å². The quantitative estimate of drug-likeness (QED) is 0.0261. The van der Waals surface area contributed by atoms with Crippen LogP contribution in [-0.4, -0.2) is 37.2 Å². The molecule has 0 rings (SSSR count). The number of carbonyl (C=O) groups is 3. The Morgan fingerprint density at radius 2 is 0.469 bits per heavy atom. The van der Waals surface area contributed by atoms with Gasteiger partial charge in [-0.2, -0.15) is 0 Å². The van der Waals surface area contributed by atoms with Crippen LogP contribution in [0.3, 0.4) is 0 Å². The summed E-state index contributed by atoms with van der Waals surface area (Å²) in [5, 5.41) is 0. The maximum Gasteiger partial charge on any atom is 0.306 e. The molecular weight excluding hydrogens is 997 g/mol. The standard InChI is InChI=1S/C75H138O6/c1-4-7-10-13-16-19-22-25-27-29-31-32-33-34-35-36-37-38-39-40-41-42-44-45-47-50-53-56-59-62-65-68-74(77)80-71-72(70-79-73(76)67-64-61-58-55-52-49-24-21-18-15-12-9-6-3)81-75(78)69-66-63-60-57-54-51-48-46-43-30-28-26-23-20-17-14-11-8-5-2/h12,15,21,24,26,28-29,31,72H,4-11,13-14,16-20,22-23,25,27,30,32-71H2,1-3H3/b15-12-,24-21-,28-26-,31-29-. The molecule has 0 aromatic carbocycles. The van der Waals surface area contributed by atoms with Crippen LogP contribution in [0.25, 0.3) is 0 Å². The zero-order valence-electron chi connectivity index (χ0n) is 54.6. The third-order valence-electron chi connectivity index (χ3n) is 16.3. The lowest BCUT2D eigenvalue weighted by atomic mass is 10.0.